The molecule has 3 rings (SSSR count). The summed E-state index contributed by atoms with van der Waals surface area (Å²) in [4.78, 5) is 28.8. The largest absolute Gasteiger partial charge is 0.299 e. The second-order valence-corrected chi connectivity index (χ2v) is 8.08. The Bertz CT molecular complexity index is 700. The number of aldehydes is 1. The minimum Gasteiger partial charge on any atom is -0.299 e. The fraction of sp³-hybridized carbons (Fsp3) is 0.550. The summed E-state index contributed by atoms with van der Waals surface area (Å²) in [6.45, 7) is 4.14. The lowest BCUT2D eigenvalue weighted by molar-refractivity contribution is -0.122. The molecule has 128 valence electrons. The number of benzene rings is 1. The first-order valence-electron chi connectivity index (χ1n) is 8.79. The highest BCUT2D eigenvalue weighted by Crippen LogP contribution is 2.33. The second kappa shape index (κ2) is 6.79. The number of carbonyl (C=O) groups is 2. The third kappa shape index (κ3) is 3.61. The lowest BCUT2D eigenvalue weighted by Crippen LogP contribution is -2.31. The maximum Gasteiger partial charge on any atom is 0.151 e. The van der Waals surface area contributed by atoms with Crippen LogP contribution >= 0.6 is 11.6 Å². The Morgan fingerprint density at radius 3 is 2.67 bits per heavy atom. The number of nitrogens with zero attached hydrogens (tertiary/aromatic N) is 1. The predicted octanol–water partition coefficient (Wildman–Crippen LogP) is 4.82. The third-order valence-corrected chi connectivity index (χ3v) is 5.45. The van der Waals surface area contributed by atoms with Gasteiger partial charge < -0.3 is 0 Å². The van der Waals surface area contributed by atoms with E-state index in [1.165, 1.54) is 6.42 Å². The van der Waals surface area contributed by atoms with Crippen LogP contribution in [0.15, 0.2) is 17.1 Å². The Balaban J connectivity index is 1.92. The van der Waals surface area contributed by atoms with Crippen LogP contribution in [0.2, 0.25) is 5.02 Å². The van der Waals surface area contributed by atoms with E-state index in [2.05, 4.69) is 13.8 Å². The molecule has 0 amide bonds. The van der Waals surface area contributed by atoms with Crippen LogP contribution in [0.5, 0.6) is 0 Å². The van der Waals surface area contributed by atoms with E-state index >= 15 is 0 Å². The van der Waals surface area contributed by atoms with Crippen LogP contribution in [-0.4, -0.2) is 23.3 Å². The molecule has 1 heterocycles. The normalized spacial score (nSPS) is 20.2. The molecule has 1 saturated carbocycles. The van der Waals surface area contributed by atoms with Crippen LogP contribution in [0, 0.1) is 5.92 Å². The van der Waals surface area contributed by atoms with Gasteiger partial charge in [-0.2, -0.15) is 0 Å². The molecule has 0 spiro atoms. The van der Waals surface area contributed by atoms with Crippen molar-refractivity contribution in [1.29, 1.82) is 0 Å². The molecule has 0 unspecified atom stereocenters. The SMILES string of the molecule is CC1(C)Cc2cc(Cl)c(C=O)cc2C(CC(=O)C2CCCCC2)=N1. The summed E-state index contributed by atoms with van der Waals surface area (Å²) in [5.74, 6) is 0.465. The predicted molar refractivity (Wildman–Crippen MR) is 97.4 cm³/mol. The first kappa shape index (κ1) is 17.3. The van der Waals surface area contributed by atoms with Gasteiger partial charge in [-0.1, -0.05) is 30.9 Å². The molecule has 0 N–H and O–H groups in total. The molecule has 0 bridgehead atoms. The Morgan fingerprint density at radius 1 is 1.29 bits per heavy atom. The number of carbonyl (C=O) groups excluding carboxylic acids is 2. The number of fused-ring (bicyclic) bond motifs is 1. The smallest absolute Gasteiger partial charge is 0.151 e. The summed E-state index contributed by atoms with van der Waals surface area (Å²) in [5, 5.41) is 0.472. The van der Waals surface area contributed by atoms with Gasteiger partial charge in [-0.15, -0.1) is 0 Å². The number of Topliss-reactive ketones (excluding diaryl/α,β-unsaturated/α-hetero) is 1. The average molecular weight is 346 g/mol. The van der Waals surface area contributed by atoms with Crippen molar-refractivity contribution in [3.8, 4) is 0 Å². The van der Waals surface area contributed by atoms with Crippen molar-refractivity contribution < 1.29 is 9.59 Å². The van der Waals surface area contributed by atoms with Crippen molar-refractivity contribution in [3.63, 3.8) is 0 Å². The zero-order chi connectivity index (χ0) is 17.3. The van der Waals surface area contributed by atoms with Crippen LogP contribution in [0.1, 0.15) is 73.9 Å². The number of aliphatic imine (C=N–C) groups is 1. The molecule has 3 nitrogen and oxygen atoms in total. The van der Waals surface area contributed by atoms with E-state index in [4.69, 9.17) is 16.6 Å². The standard InChI is InChI=1S/C20H24ClNO2/c1-20(2)11-14-9-17(21)15(12-23)8-16(14)18(22-20)10-19(24)13-6-4-3-5-7-13/h8-9,12-13H,3-7,10-11H2,1-2H3. The van der Waals surface area contributed by atoms with Gasteiger partial charge in [0.1, 0.15) is 5.78 Å². The van der Waals surface area contributed by atoms with Gasteiger partial charge in [0.25, 0.3) is 0 Å². The van der Waals surface area contributed by atoms with Crippen molar-refractivity contribution in [1.82, 2.24) is 0 Å². The van der Waals surface area contributed by atoms with Gasteiger partial charge in [-0.05, 0) is 50.8 Å². The Kier molecular flexibility index (Phi) is 4.91. The van der Waals surface area contributed by atoms with Crippen LogP contribution in [0.25, 0.3) is 0 Å². The summed E-state index contributed by atoms with van der Waals surface area (Å²) >= 11 is 6.19. The average Bonchev–Trinajstić information content (AvgIpc) is 2.54. The molecule has 0 atom stereocenters. The number of ketones is 1. The first-order chi connectivity index (χ1) is 11.4. The van der Waals surface area contributed by atoms with Crippen molar-refractivity contribution in [3.05, 3.63) is 33.8 Å². The topological polar surface area (TPSA) is 46.5 Å². The van der Waals surface area contributed by atoms with E-state index in [0.29, 0.717) is 22.8 Å². The maximum atomic E-state index is 12.7. The summed E-state index contributed by atoms with van der Waals surface area (Å²) in [6.07, 6.45) is 7.44. The summed E-state index contributed by atoms with van der Waals surface area (Å²) in [7, 11) is 0. The highest BCUT2D eigenvalue weighted by atomic mass is 35.5. The minimum absolute atomic E-state index is 0.174. The van der Waals surface area contributed by atoms with Gasteiger partial charge in [0, 0.05) is 23.5 Å². The maximum absolute atomic E-state index is 12.7. The molecule has 1 aromatic rings. The molecular formula is C20H24ClNO2. The minimum atomic E-state index is -0.249. The van der Waals surface area contributed by atoms with Gasteiger partial charge in [0.15, 0.2) is 6.29 Å². The van der Waals surface area contributed by atoms with Crippen molar-refractivity contribution >= 4 is 29.4 Å². The molecule has 1 aliphatic carbocycles. The van der Waals surface area contributed by atoms with Crippen molar-refractivity contribution in [2.45, 2.75) is 64.3 Å². The van der Waals surface area contributed by atoms with E-state index in [0.717, 1.165) is 55.2 Å². The Hall–Kier alpha value is -1.48. The number of halogens is 1. The highest BCUT2D eigenvalue weighted by molar-refractivity contribution is 6.33. The van der Waals surface area contributed by atoms with Gasteiger partial charge in [-0.3, -0.25) is 14.6 Å². The third-order valence-electron chi connectivity index (χ3n) is 5.12. The van der Waals surface area contributed by atoms with Crippen LogP contribution in [0.4, 0.5) is 0 Å². The Labute approximate surface area is 148 Å². The highest BCUT2D eigenvalue weighted by Gasteiger charge is 2.30. The zero-order valence-corrected chi connectivity index (χ0v) is 15.2. The molecule has 4 heteroatoms. The molecule has 1 aromatic carbocycles. The lowest BCUT2D eigenvalue weighted by atomic mass is 9.81. The zero-order valence-electron chi connectivity index (χ0n) is 14.4. The Morgan fingerprint density at radius 2 is 2.00 bits per heavy atom. The molecule has 0 aromatic heterocycles. The van der Waals surface area contributed by atoms with Gasteiger partial charge in [-0.25, -0.2) is 0 Å². The second-order valence-electron chi connectivity index (χ2n) is 7.67. The molecule has 1 fully saturated rings. The quantitative estimate of drug-likeness (QED) is 0.735. The van der Waals surface area contributed by atoms with Crippen LogP contribution in [-0.2, 0) is 11.2 Å². The number of hydrogen-bond donors (Lipinski definition) is 0. The molecule has 2 aliphatic rings. The van der Waals surface area contributed by atoms with Crippen LogP contribution in [0.3, 0.4) is 0 Å². The number of rotatable bonds is 4. The molecular weight excluding hydrogens is 322 g/mol. The fourth-order valence-corrected chi connectivity index (χ4v) is 4.17. The van der Waals surface area contributed by atoms with E-state index < -0.39 is 0 Å². The van der Waals surface area contributed by atoms with E-state index in [9.17, 15) is 9.59 Å². The van der Waals surface area contributed by atoms with Gasteiger partial charge in [0.2, 0.25) is 0 Å². The number of hydrogen-bond acceptors (Lipinski definition) is 3. The summed E-state index contributed by atoms with van der Waals surface area (Å²) < 4.78 is 0. The molecule has 0 saturated heterocycles. The van der Waals surface area contributed by atoms with Gasteiger partial charge >= 0.3 is 0 Å². The van der Waals surface area contributed by atoms with Crippen molar-refractivity contribution in [2.24, 2.45) is 10.9 Å². The van der Waals surface area contributed by atoms with E-state index in [1.807, 2.05) is 6.07 Å². The first-order valence-corrected chi connectivity index (χ1v) is 9.17. The monoisotopic (exact) mass is 345 g/mol. The summed E-state index contributed by atoms with van der Waals surface area (Å²) in [5.41, 5.74) is 3.04. The molecule has 24 heavy (non-hydrogen) atoms. The summed E-state index contributed by atoms with van der Waals surface area (Å²) in [6, 6.07) is 3.66. The molecule has 1 aliphatic heterocycles. The fourth-order valence-electron chi connectivity index (χ4n) is 3.94. The molecule has 0 radical (unpaired) electrons. The van der Waals surface area contributed by atoms with E-state index in [-0.39, 0.29) is 11.5 Å². The lowest BCUT2D eigenvalue weighted by Gasteiger charge is -2.30. The van der Waals surface area contributed by atoms with Gasteiger partial charge in [0.05, 0.1) is 16.3 Å². The van der Waals surface area contributed by atoms with Crippen molar-refractivity contribution in [2.75, 3.05) is 0 Å². The van der Waals surface area contributed by atoms with E-state index in [1.54, 1.807) is 6.07 Å². The van der Waals surface area contributed by atoms with Crippen LogP contribution < -0.4 is 0 Å².